The lowest BCUT2D eigenvalue weighted by molar-refractivity contribution is 0.0698. The first-order valence-corrected chi connectivity index (χ1v) is 15.0. The first-order chi connectivity index (χ1) is 20.6. The number of halogens is 2. The van der Waals surface area contributed by atoms with Crippen molar-refractivity contribution in [2.24, 2.45) is 0 Å². The summed E-state index contributed by atoms with van der Waals surface area (Å²) in [5, 5.41) is 16.0. The van der Waals surface area contributed by atoms with Crippen LogP contribution in [0.25, 0.3) is 33.3 Å². The molecule has 1 aliphatic carbocycles. The summed E-state index contributed by atoms with van der Waals surface area (Å²) in [6.07, 6.45) is 2.09. The zero-order chi connectivity index (χ0) is 30.6. The van der Waals surface area contributed by atoms with E-state index in [9.17, 15) is 9.90 Å². The highest BCUT2D eigenvalue weighted by molar-refractivity contribution is 6.39. The van der Waals surface area contributed by atoms with Gasteiger partial charge in [0.25, 0.3) is 0 Å². The van der Waals surface area contributed by atoms with Gasteiger partial charge in [0.2, 0.25) is 0 Å². The number of rotatable bonds is 9. The van der Waals surface area contributed by atoms with Crippen molar-refractivity contribution < 1.29 is 23.9 Å². The van der Waals surface area contributed by atoms with Crippen LogP contribution in [0.3, 0.4) is 0 Å². The van der Waals surface area contributed by atoms with E-state index in [0.717, 1.165) is 46.3 Å². The highest BCUT2D eigenvalue weighted by atomic mass is 35.5. The second-order valence-corrected chi connectivity index (χ2v) is 12.1. The molecule has 0 amide bonds. The van der Waals surface area contributed by atoms with Crippen molar-refractivity contribution in [2.45, 2.75) is 59.1 Å². The Balaban J connectivity index is 1.36. The number of fused-ring (bicyclic) bond motifs is 1. The smallest absolute Gasteiger partial charge is 0.338 e. The van der Waals surface area contributed by atoms with E-state index in [1.54, 1.807) is 25.3 Å². The van der Waals surface area contributed by atoms with E-state index < -0.39 is 5.97 Å². The summed E-state index contributed by atoms with van der Waals surface area (Å²) < 4.78 is 20.0. The van der Waals surface area contributed by atoms with Gasteiger partial charge in [-0.3, -0.25) is 0 Å². The zero-order valence-electron chi connectivity index (χ0n) is 24.6. The number of aromatic nitrogens is 2. The van der Waals surface area contributed by atoms with Gasteiger partial charge in [0.1, 0.15) is 29.6 Å². The average Bonchev–Trinajstić information content (AvgIpc) is 3.63. The van der Waals surface area contributed by atoms with Gasteiger partial charge in [-0.2, -0.15) is 0 Å². The fourth-order valence-electron chi connectivity index (χ4n) is 5.94. The Hall–Kier alpha value is -3.94. The van der Waals surface area contributed by atoms with Crippen LogP contribution >= 0.6 is 23.2 Å². The molecule has 0 aliphatic heterocycles. The number of nitrogens with zero attached hydrogens (tertiary/aromatic N) is 2. The maximum absolute atomic E-state index is 12.2. The molecular weight excluding hydrogens is 587 g/mol. The molecule has 6 rings (SSSR count). The van der Waals surface area contributed by atoms with Gasteiger partial charge in [0.05, 0.1) is 33.8 Å². The molecule has 0 radical (unpaired) electrons. The molecule has 0 saturated heterocycles. The lowest BCUT2D eigenvalue weighted by Gasteiger charge is -2.15. The van der Waals surface area contributed by atoms with Crippen molar-refractivity contribution >= 4 is 40.1 Å². The fourth-order valence-corrected chi connectivity index (χ4v) is 6.51. The van der Waals surface area contributed by atoms with Crippen LogP contribution in [0.5, 0.6) is 11.5 Å². The number of aromatic carboxylic acids is 1. The Labute approximate surface area is 259 Å². The van der Waals surface area contributed by atoms with E-state index in [4.69, 9.17) is 37.2 Å². The summed E-state index contributed by atoms with van der Waals surface area (Å²) in [4.78, 5) is 12.2. The molecule has 0 bridgehead atoms. The molecule has 1 saturated carbocycles. The standard InChI is InChI=1S/C34H32Cl2N2O5/c1-17(2)33-25(32(37-43-33)31-26(35)7-6-8-27(31)36)16-42-21-11-12-22(18(3)13-21)23-14-28-24(15-29(23)41-5)30(34(39)40)19(4)38(28)20-9-10-20/h6-8,11-15,17,20H,9-10,16H2,1-5H3,(H,39,40). The first-order valence-electron chi connectivity index (χ1n) is 14.2. The Morgan fingerprint density at radius 3 is 2.42 bits per heavy atom. The summed E-state index contributed by atoms with van der Waals surface area (Å²) in [5.41, 5.74) is 6.85. The fraction of sp³-hybridized carbons (Fsp3) is 0.294. The summed E-state index contributed by atoms with van der Waals surface area (Å²) in [7, 11) is 1.61. The van der Waals surface area contributed by atoms with Crippen LogP contribution < -0.4 is 9.47 Å². The van der Waals surface area contributed by atoms with Gasteiger partial charge in [0, 0.05) is 34.2 Å². The number of benzene rings is 3. The van der Waals surface area contributed by atoms with Gasteiger partial charge < -0.3 is 23.7 Å². The number of carboxylic acid groups (broad SMARTS) is 1. The van der Waals surface area contributed by atoms with Crippen LogP contribution in [0.1, 0.15) is 71.6 Å². The van der Waals surface area contributed by atoms with E-state index in [0.29, 0.717) is 55.6 Å². The molecule has 1 aliphatic rings. The number of hydrogen-bond acceptors (Lipinski definition) is 5. The van der Waals surface area contributed by atoms with Crippen LogP contribution in [0.15, 0.2) is 53.1 Å². The first kappa shape index (κ1) is 29.1. The topological polar surface area (TPSA) is 86.7 Å². The van der Waals surface area contributed by atoms with E-state index in [2.05, 4.69) is 15.8 Å². The normalized spacial score (nSPS) is 13.2. The lowest BCUT2D eigenvalue weighted by Crippen LogP contribution is -2.02. The predicted octanol–water partition coefficient (Wildman–Crippen LogP) is 9.63. The average molecular weight is 620 g/mol. The SMILES string of the molecule is COc1cc2c(C(=O)O)c(C)n(C3CC3)c2cc1-c1ccc(OCc2c(-c3c(Cl)cccc3Cl)noc2C(C)C)cc1C. The molecule has 1 N–H and O–H groups in total. The van der Waals surface area contributed by atoms with Gasteiger partial charge >= 0.3 is 5.97 Å². The number of aryl methyl sites for hydroxylation is 1. The third-order valence-corrected chi connectivity index (χ3v) is 8.74. The second-order valence-electron chi connectivity index (χ2n) is 11.3. The van der Waals surface area contributed by atoms with E-state index >= 15 is 0 Å². The van der Waals surface area contributed by atoms with Crippen LogP contribution in [-0.2, 0) is 6.61 Å². The molecule has 5 aromatic rings. The second kappa shape index (κ2) is 11.3. The molecular formula is C34H32Cl2N2O5. The van der Waals surface area contributed by atoms with Gasteiger partial charge in [-0.25, -0.2) is 4.79 Å². The molecule has 43 heavy (non-hydrogen) atoms. The molecule has 0 unspecified atom stereocenters. The number of hydrogen-bond donors (Lipinski definition) is 1. The van der Waals surface area contributed by atoms with Crippen LogP contribution in [-0.4, -0.2) is 27.9 Å². The van der Waals surface area contributed by atoms with Crippen molar-refractivity contribution in [2.75, 3.05) is 7.11 Å². The maximum atomic E-state index is 12.2. The summed E-state index contributed by atoms with van der Waals surface area (Å²) in [6, 6.07) is 15.5. The third kappa shape index (κ3) is 5.15. The monoisotopic (exact) mass is 618 g/mol. The minimum absolute atomic E-state index is 0.0764. The molecule has 7 nitrogen and oxygen atoms in total. The number of carboxylic acids is 1. The van der Waals surface area contributed by atoms with Crippen molar-refractivity contribution in [3.63, 3.8) is 0 Å². The third-order valence-electron chi connectivity index (χ3n) is 8.11. The van der Waals surface area contributed by atoms with E-state index in [1.807, 2.05) is 52.0 Å². The van der Waals surface area contributed by atoms with Crippen molar-refractivity contribution in [1.29, 1.82) is 0 Å². The minimum Gasteiger partial charge on any atom is -0.496 e. The predicted molar refractivity (Wildman–Crippen MR) is 169 cm³/mol. The molecule has 0 atom stereocenters. The summed E-state index contributed by atoms with van der Waals surface area (Å²) in [5.74, 6) is 1.16. The Morgan fingerprint density at radius 2 is 1.81 bits per heavy atom. The molecule has 2 heterocycles. The maximum Gasteiger partial charge on any atom is 0.338 e. The van der Waals surface area contributed by atoms with Crippen molar-refractivity contribution in [3.05, 3.63) is 86.7 Å². The van der Waals surface area contributed by atoms with Crippen molar-refractivity contribution in [1.82, 2.24) is 9.72 Å². The molecule has 9 heteroatoms. The molecule has 0 spiro atoms. The molecule has 3 aromatic carbocycles. The Kier molecular flexibility index (Phi) is 7.65. The van der Waals surface area contributed by atoms with Crippen LogP contribution in [0.4, 0.5) is 0 Å². The Bertz CT molecular complexity index is 1860. The van der Waals surface area contributed by atoms with E-state index in [1.165, 1.54) is 0 Å². The molecule has 1 fully saturated rings. The Morgan fingerprint density at radius 1 is 1.09 bits per heavy atom. The largest absolute Gasteiger partial charge is 0.496 e. The highest BCUT2D eigenvalue weighted by Crippen LogP contribution is 2.45. The number of ether oxygens (including phenoxy) is 2. The highest BCUT2D eigenvalue weighted by Gasteiger charge is 2.31. The summed E-state index contributed by atoms with van der Waals surface area (Å²) >= 11 is 13.0. The quantitative estimate of drug-likeness (QED) is 0.177. The lowest BCUT2D eigenvalue weighted by atomic mass is 9.97. The number of carbonyl (C=O) groups is 1. The number of methoxy groups -OCH3 is 1. The minimum atomic E-state index is -0.928. The molecule has 222 valence electrons. The van der Waals surface area contributed by atoms with Crippen LogP contribution in [0.2, 0.25) is 10.0 Å². The van der Waals surface area contributed by atoms with Gasteiger partial charge in [0.15, 0.2) is 0 Å². The van der Waals surface area contributed by atoms with Gasteiger partial charge in [-0.1, -0.05) is 54.3 Å². The zero-order valence-corrected chi connectivity index (χ0v) is 26.1. The van der Waals surface area contributed by atoms with Gasteiger partial charge in [-0.05, 0) is 74.2 Å². The van der Waals surface area contributed by atoms with Crippen LogP contribution in [0, 0.1) is 13.8 Å². The molecule has 2 aromatic heterocycles. The van der Waals surface area contributed by atoms with E-state index in [-0.39, 0.29) is 12.5 Å². The van der Waals surface area contributed by atoms with Gasteiger partial charge in [-0.15, -0.1) is 0 Å². The van der Waals surface area contributed by atoms with Crippen molar-refractivity contribution in [3.8, 4) is 33.9 Å². The summed E-state index contributed by atoms with van der Waals surface area (Å²) in [6.45, 7) is 8.19.